The average Bonchev–Trinajstić information content (AvgIpc) is 3.14. The Hall–Kier alpha value is -5.50. The topological polar surface area (TPSA) is 26.0 Å². The zero-order valence-electron chi connectivity index (χ0n) is 29.9. The van der Waals surface area contributed by atoms with Crippen molar-refractivity contribution in [3.63, 3.8) is 0 Å². The molecule has 1 aliphatic rings. The van der Waals surface area contributed by atoms with Crippen LogP contribution in [0.4, 0.5) is 0 Å². The van der Waals surface area contributed by atoms with E-state index in [1.165, 1.54) is 46.5 Å². The maximum absolute atomic E-state index is 4.50. The Kier molecular flexibility index (Phi) is 16.0. The summed E-state index contributed by atoms with van der Waals surface area (Å²) in [5, 5.41) is 2.48. The van der Waals surface area contributed by atoms with E-state index < -0.39 is 0 Å². The number of allylic oxidation sites excluding steroid dienone is 17. The van der Waals surface area contributed by atoms with Gasteiger partial charge in [-0.3, -0.25) is 0 Å². The minimum atomic E-state index is 1.07. The number of benzene rings is 4. The first-order chi connectivity index (χ1) is 24.0. The standard InChI is InChI=1S/C44H38.C3H8.CH5N/c1-5-7-9-19-33(3)35(6-2)32-44-34(4)40-26-15-12-23-38(40)30-31-39(42-29-18-25-37-22-13-16-27-41(37)42)24-14-17-28-43(44)36-20-10-8-11-21-36;1-3-2;1-2/h5-32H,1-2H2,3-4H3;3H2,1-2H3;2H2,1H3/b9-7-,17-14+,24-14?,28-17?,31-30-,33-19+,35-32+,38-30?,39-24+,39-31?,40-34?,43-28+,44-34-,44-43?;;. The molecule has 1 heteroatoms. The minimum Gasteiger partial charge on any atom is -0.333 e. The lowest BCUT2D eigenvalue weighted by molar-refractivity contribution is 1.09. The highest BCUT2D eigenvalue weighted by Crippen LogP contribution is 2.36. The van der Waals surface area contributed by atoms with Crippen LogP contribution in [0.2, 0.25) is 0 Å². The molecule has 0 heterocycles. The van der Waals surface area contributed by atoms with Gasteiger partial charge in [0.2, 0.25) is 0 Å². The van der Waals surface area contributed by atoms with E-state index in [2.05, 4.69) is 192 Å². The first-order valence-corrected chi connectivity index (χ1v) is 17.0. The average molecular weight is 642 g/mol. The summed E-state index contributed by atoms with van der Waals surface area (Å²) in [6.45, 7) is 16.6. The van der Waals surface area contributed by atoms with Crippen LogP contribution >= 0.6 is 0 Å². The Morgan fingerprint density at radius 2 is 1.35 bits per heavy atom. The highest BCUT2D eigenvalue weighted by atomic mass is 14.4. The largest absolute Gasteiger partial charge is 0.333 e. The highest BCUT2D eigenvalue weighted by molar-refractivity contribution is 5.98. The molecule has 0 unspecified atom stereocenters. The van der Waals surface area contributed by atoms with Gasteiger partial charge < -0.3 is 5.73 Å². The molecule has 0 bridgehead atoms. The van der Waals surface area contributed by atoms with Gasteiger partial charge in [-0.15, -0.1) is 0 Å². The number of nitrogens with two attached hydrogens (primary N) is 1. The van der Waals surface area contributed by atoms with Crippen LogP contribution < -0.4 is 5.73 Å². The maximum atomic E-state index is 4.50. The van der Waals surface area contributed by atoms with Crippen LogP contribution in [-0.2, 0) is 0 Å². The zero-order chi connectivity index (χ0) is 35.4. The molecule has 5 rings (SSSR count). The summed E-state index contributed by atoms with van der Waals surface area (Å²) in [6.07, 6.45) is 26.5. The van der Waals surface area contributed by atoms with E-state index >= 15 is 0 Å². The molecule has 0 aromatic heterocycles. The number of hydrogen-bond donors (Lipinski definition) is 1. The third-order valence-corrected chi connectivity index (χ3v) is 7.91. The Bertz CT molecular complexity index is 1940. The predicted octanol–water partition coefficient (Wildman–Crippen LogP) is 13.2. The van der Waals surface area contributed by atoms with E-state index in [1.54, 1.807) is 6.08 Å². The molecule has 0 spiro atoms. The molecule has 248 valence electrons. The Labute approximate surface area is 295 Å². The summed E-state index contributed by atoms with van der Waals surface area (Å²) < 4.78 is 0. The van der Waals surface area contributed by atoms with Gasteiger partial charge in [-0.1, -0.05) is 197 Å². The van der Waals surface area contributed by atoms with E-state index in [9.17, 15) is 0 Å². The van der Waals surface area contributed by atoms with E-state index in [4.69, 9.17) is 0 Å². The van der Waals surface area contributed by atoms with Crippen molar-refractivity contribution in [2.24, 2.45) is 5.73 Å². The fraction of sp³-hybridized carbons (Fsp3) is 0.125. The lowest BCUT2D eigenvalue weighted by Gasteiger charge is -2.18. The SMILES string of the molecule is C=C\C=C/C=C(C)/C(C=C)=C/C1=C(\C)c2ccccc2\C=C/C(c2cccc3ccccc23)=C\C=C\C=C\1c1ccccc1.CCC.CN. The molecule has 49 heavy (non-hydrogen) atoms. The summed E-state index contributed by atoms with van der Waals surface area (Å²) in [7, 11) is 1.50. The van der Waals surface area contributed by atoms with Crippen molar-refractivity contribution in [1.82, 2.24) is 0 Å². The number of rotatable bonds is 7. The summed E-state index contributed by atoms with van der Waals surface area (Å²) in [6, 6.07) is 34.4. The van der Waals surface area contributed by atoms with Gasteiger partial charge in [0, 0.05) is 0 Å². The molecule has 1 aliphatic carbocycles. The van der Waals surface area contributed by atoms with Crippen LogP contribution in [0.1, 0.15) is 56.4 Å². The monoisotopic (exact) mass is 641 g/mol. The van der Waals surface area contributed by atoms with E-state index in [-0.39, 0.29) is 0 Å². The molecule has 0 amide bonds. The van der Waals surface area contributed by atoms with Gasteiger partial charge in [-0.05, 0) is 93.4 Å². The van der Waals surface area contributed by atoms with Crippen molar-refractivity contribution >= 4 is 33.6 Å². The fourth-order valence-corrected chi connectivity index (χ4v) is 5.54. The summed E-state index contributed by atoms with van der Waals surface area (Å²) in [5.41, 5.74) is 16.1. The quantitative estimate of drug-likeness (QED) is 0.200. The number of fused-ring (bicyclic) bond motifs is 2. The second-order valence-corrected chi connectivity index (χ2v) is 11.4. The molecule has 4 aromatic rings. The second-order valence-electron chi connectivity index (χ2n) is 11.4. The molecule has 0 saturated heterocycles. The van der Waals surface area contributed by atoms with Crippen LogP contribution in [0.15, 0.2) is 194 Å². The highest BCUT2D eigenvalue weighted by Gasteiger charge is 2.14. The van der Waals surface area contributed by atoms with Crippen molar-refractivity contribution in [2.75, 3.05) is 7.05 Å². The third-order valence-electron chi connectivity index (χ3n) is 7.91. The summed E-state index contributed by atoms with van der Waals surface area (Å²) in [5.74, 6) is 0. The van der Waals surface area contributed by atoms with Gasteiger partial charge in [-0.2, -0.15) is 0 Å². The lowest BCUT2D eigenvalue weighted by atomic mass is 9.86. The van der Waals surface area contributed by atoms with Crippen LogP contribution in [0.25, 0.3) is 33.6 Å². The van der Waals surface area contributed by atoms with Crippen LogP contribution in [0.3, 0.4) is 0 Å². The van der Waals surface area contributed by atoms with Crippen LogP contribution in [0, 0.1) is 0 Å². The smallest absolute Gasteiger partial charge is 0.0105 e. The normalized spacial score (nSPS) is 18.4. The molecule has 4 aromatic carbocycles. The number of hydrogen-bond acceptors (Lipinski definition) is 1. The molecular formula is C48H51N. The van der Waals surface area contributed by atoms with Gasteiger partial charge in [0.05, 0.1) is 0 Å². The van der Waals surface area contributed by atoms with Crippen LogP contribution in [-0.4, -0.2) is 7.05 Å². The molecule has 0 atom stereocenters. The first kappa shape index (κ1) is 38.0. The predicted molar refractivity (Wildman–Crippen MR) is 221 cm³/mol. The third kappa shape index (κ3) is 10.5. The molecular weight excluding hydrogens is 591 g/mol. The van der Waals surface area contributed by atoms with Crippen LogP contribution in [0.5, 0.6) is 0 Å². The first-order valence-electron chi connectivity index (χ1n) is 17.0. The molecule has 0 radical (unpaired) electrons. The maximum Gasteiger partial charge on any atom is -0.0105 e. The van der Waals surface area contributed by atoms with E-state index in [0.29, 0.717) is 0 Å². The molecule has 1 nitrogen and oxygen atoms in total. The second kappa shape index (κ2) is 20.7. The minimum absolute atomic E-state index is 1.07. The molecule has 0 fully saturated rings. The molecule has 0 aliphatic heterocycles. The van der Waals surface area contributed by atoms with Crippen molar-refractivity contribution in [3.8, 4) is 0 Å². The van der Waals surface area contributed by atoms with Crippen molar-refractivity contribution in [2.45, 2.75) is 34.1 Å². The Morgan fingerprint density at radius 1 is 0.714 bits per heavy atom. The van der Waals surface area contributed by atoms with Crippen molar-refractivity contribution in [3.05, 3.63) is 216 Å². The lowest BCUT2D eigenvalue weighted by Crippen LogP contribution is -1.97. The van der Waals surface area contributed by atoms with Gasteiger partial charge >= 0.3 is 0 Å². The molecule has 2 N–H and O–H groups in total. The van der Waals surface area contributed by atoms with E-state index in [0.717, 1.165) is 33.4 Å². The Balaban J connectivity index is 0.00000123. The van der Waals surface area contributed by atoms with Gasteiger partial charge in [0.25, 0.3) is 0 Å². The summed E-state index contributed by atoms with van der Waals surface area (Å²) in [4.78, 5) is 0. The fourth-order valence-electron chi connectivity index (χ4n) is 5.54. The van der Waals surface area contributed by atoms with Gasteiger partial charge in [-0.25, -0.2) is 0 Å². The zero-order valence-corrected chi connectivity index (χ0v) is 29.9. The van der Waals surface area contributed by atoms with Crippen molar-refractivity contribution < 1.29 is 0 Å². The summed E-state index contributed by atoms with van der Waals surface area (Å²) >= 11 is 0. The molecule has 0 saturated carbocycles. The van der Waals surface area contributed by atoms with E-state index in [1.807, 2.05) is 18.2 Å². The van der Waals surface area contributed by atoms with Crippen molar-refractivity contribution in [1.29, 1.82) is 0 Å². The van der Waals surface area contributed by atoms with Gasteiger partial charge in [0.15, 0.2) is 0 Å². The van der Waals surface area contributed by atoms with Gasteiger partial charge in [0.1, 0.15) is 0 Å². The Morgan fingerprint density at radius 3 is 2.08 bits per heavy atom.